The Morgan fingerprint density at radius 3 is 2.24 bits per heavy atom. The number of aromatic amines is 1. The number of amides is 5. The number of hydrogen-bond acceptors (Lipinski definition) is 12. The number of fused-ring (bicyclic) bond motifs is 1. The van der Waals surface area contributed by atoms with Gasteiger partial charge in [-0.3, -0.25) is 38.6 Å². The van der Waals surface area contributed by atoms with Crippen LogP contribution in [0.5, 0.6) is 11.5 Å². The second-order valence-corrected chi connectivity index (χ2v) is 23.6. The van der Waals surface area contributed by atoms with Gasteiger partial charge in [0.15, 0.2) is 0 Å². The second-order valence-electron chi connectivity index (χ2n) is 23.6. The Kier molecular flexibility index (Phi) is 17.3. The van der Waals surface area contributed by atoms with Crippen molar-refractivity contribution in [1.82, 2.24) is 50.2 Å². The van der Waals surface area contributed by atoms with E-state index in [9.17, 15) is 28.8 Å². The molecule has 1 aromatic heterocycles. The third kappa shape index (κ3) is 12.6. The fourth-order valence-electron chi connectivity index (χ4n) is 13.5. The number of piperidine rings is 2. The van der Waals surface area contributed by atoms with Crippen molar-refractivity contribution >= 4 is 40.3 Å². The number of nitrogens with one attached hydrogen (secondary N) is 3. The molecule has 0 radical (unpaired) electrons. The minimum Gasteiger partial charge on any atom is -0.497 e. The highest BCUT2D eigenvalue weighted by molar-refractivity contribution is 5.98. The largest absolute Gasteiger partial charge is 0.497 e. The van der Waals surface area contributed by atoms with Gasteiger partial charge in [-0.05, 0) is 124 Å². The van der Waals surface area contributed by atoms with Gasteiger partial charge in [-0.2, -0.15) is 5.10 Å². The number of H-pyrrole nitrogens is 1. The van der Waals surface area contributed by atoms with Crippen molar-refractivity contribution in [2.75, 3.05) is 112 Å². The van der Waals surface area contributed by atoms with Crippen molar-refractivity contribution in [2.24, 2.45) is 17.3 Å². The number of aromatic nitrogens is 2. The molecule has 82 heavy (non-hydrogen) atoms. The predicted molar refractivity (Wildman–Crippen MR) is 308 cm³/mol. The van der Waals surface area contributed by atoms with Gasteiger partial charge in [0.2, 0.25) is 17.7 Å². The lowest BCUT2D eigenvalue weighted by Gasteiger charge is -2.65. The van der Waals surface area contributed by atoms with E-state index in [0.29, 0.717) is 124 Å². The summed E-state index contributed by atoms with van der Waals surface area (Å²) >= 11 is 0. The summed E-state index contributed by atoms with van der Waals surface area (Å²) in [6.07, 6.45) is 6.95. The van der Waals surface area contributed by atoms with Gasteiger partial charge in [0.1, 0.15) is 23.4 Å². The molecule has 7 aliphatic rings. The highest BCUT2D eigenvalue weighted by atomic mass is 19.1. The number of carbonyl (C=O) groups is 5. The number of methoxy groups -OCH3 is 1. The van der Waals surface area contributed by atoms with Crippen LogP contribution in [0.1, 0.15) is 101 Å². The van der Waals surface area contributed by atoms with E-state index in [1.807, 2.05) is 71.3 Å². The molecule has 0 spiro atoms. The molecule has 3 aliphatic carbocycles. The molecule has 5 heterocycles. The standard InChI is InChI=1S/C63H77FN10O8/c1-3-82-55-33-49(81-2)15-14-47(55)37-65-38-56(75)74-19-7-10-48(40-74)45-8-6-9-46(32-45)59(77)66-58(63-34-44(35-63)36-63)62(80)73-24-22-70(23-25-73)39-42-17-20-69(21-18-42)41-57(76)71-26-28-72(29-27-71)61(79)52-30-43(13-16-53(52)64)31-54-50-11-4-5-12-51(50)60(78)68-67-54/h4-6,8-9,11-16,30,32-33,42,44,48,58,65H,3,7,10,17-29,31,34-41H2,1-2H3,(H,66,77)(H,68,78)/t44?,48?,58-,63?/m0/s1. The van der Waals surface area contributed by atoms with E-state index in [1.54, 1.807) is 41.2 Å². The summed E-state index contributed by atoms with van der Waals surface area (Å²) in [5, 5.41) is 14.6. The third-order valence-electron chi connectivity index (χ3n) is 18.4. The van der Waals surface area contributed by atoms with Crippen LogP contribution >= 0.6 is 0 Å². The first kappa shape index (κ1) is 56.6. The number of carbonyl (C=O) groups excluding carboxylic acids is 5. The fourth-order valence-corrected chi connectivity index (χ4v) is 13.5. The van der Waals surface area contributed by atoms with Gasteiger partial charge in [-0.25, -0.2) is 9.49 Å². The first-order valence-corrected chi connectivity index (χ1v) is 29.6. The normalized spacial score (nSPS) is 21.8. The Morgan fingerprint density at radius 2 is 1.51 bits per heavy atom. The van der Waals surface area contributed by atoms with Crippen molar-refractivity contribution in [3.63, 3.8) is 0 Å². The zero-order valence-corrected chi connectivity index (χ0v) is 47.3. The van der Waals surface area contributed by atoms with Gasteiger partial charge in [0, 0.05) is 119 Å². The molecule has 1 unspecified atom stereocenters. The van der Waals surface area contributed by atoms with Crippen LogP contribution in [0.25, 0.3) is 10.8 Å². The summed E-state index contributed by atoms with van der Waals surface area (Å²) in [5.74, 6) is 1.50. The Labute approximate surface area is 478 Å². The van der Waals surface area contributed by atoms with Crippen LogP contribution in [-0.4, -0.2) is 187 Å². The van der Waals surface area contributed by atoms with E-state index in [4.69, 9.17) is 9.47 Å². The first-order chi connectivity index (χ1) is 39.8. The topological polar surface area (TPSA) is 193 Å². The van der Waals surface area contributed by atoms with Crippen molar-refractivity contribution in [1.29, 1.82) is 0 Å². The number of piperazine rings is 2. The molecule has 7 fully saturated rings. The molecule has 2 atom stereocenters. The number of likely N-dealkylation sites (tertiary alicyclic amines) is 2. The Balaban J connectivity index is 0.605. The molecular weight excluding hydrogens is 1040 g/mol. The molecule has 2 bridgehead atoms. The van der Waals surface area contributed by atoms with Crippen molar-refractivity contribution in [3.8, 4) is 11.5 Å². The molecule has 434 valence electrons. The molecule has 4 saturated heterocycles. The number of nitrogens with zero attached hydrogens (tertiary/aromatic N) is 7. The molecular formula is C63H77FN10O8. The Bertz CT molecular complexity index is 3200. The van der Waals surface area contributed by atoms with Gasteiger partial charge in [-0.1, -0.05) is 42.5 Å². The van der Waals surface area contributed by atoms with E-state index >= 15 is 4.39 Å². The summed E-state index contributed by atoms with van der Waals surface area (Å²) in [6.45, 7) is 11.5. The van der Waals surface area contributed by atoms with Crippen LogP contribution in [0.15, 0.2) is 89.7 Å². The minimum atomic E-state index is -0.609. The molecule has 3 saturated carbocycles. The maximum absolute atomic E-state index is 15.2. The minimum absolute atomic E-state index is 0.0238. The van der Waals surface area contributed by atoms with Crippen molar-refractivity contribution in [2.45, 2.75) is 76.8 Å². The van der Waals surface area contributed by atoms with Gasteiger partial charge >= 0.3 is 0 Å². The van der Waals surface area contributed by atoms with E-state index in [-0.39, 0.29) is 52.6 Å². The number of halogens is 1. The molecule has 12 rings (SSSR count). The lowest BCUT2D eigenvalue weighted by Crippen LogP contribution is -2.69. The van der Waals surface area contributed by atoms with Crippen LogP contribution in [0.3, 0.4) is 0 Å². The van der Waals surface area contributed by atoms with Gasteiger partial charge < -0.3 is 39.7 Å². The van der Waals surface area contributed by atoms with E-state index in [0.717, 1.165) is 94.5 Å². The zero-order valence-electron chi connectivity index (χ0n) is 47.3. The third-order valence-corrected chi connectivity index (χ3v) is 18.4. The molecule has 4 aromatic carbocycles. The molecule has 5 aromatic rings. The summed E-state index contributed by atoms with van der Waals surface area (Å²) in [4.78, 5) is 93.6. The quantitative estimate of drug-likeness (QED) is 0.0969. The number of rotatable bonds is 19. The predicted octanol–water partition coefficient (Wildman–Crippen LogP) is 5.30. The van der Waals surface area contributed by atoms with Crippen LogP contribution in [0.4, 0.5) is 4.39 Å². The lowest BCUT2D eigenvalue weighted by atomic mass is 9.41. The molecule has 5 amide bonds. The number of benzene rings is 4. The molecule has 18 nitrogen and oxygen atoms in total. The lowest BCUT2D eigenvalue weighted by molar-refractivity contribution is -0.164. The molecule has 4 aliphatic heterocycles. The van der Waals surface area contributed by atoms with Crippen LogP contribution < -0.4 is 25.7 Å². The smallest absolute Gasteiger partial charge is 0.272 e. The molecule has 19 heteroatoms. The van der Waals surface area contributed by atoms with Crippen LogP contribution in [0.2, 0.25) is 0 Å². The Hall–Kier alpha value is -7.22. The highest BCUT2D eigenvalue weighted by Gasteiger charge is 2.63. The fraction of sp³-hybridized carbons (Fsp3) is 0.508. The Morgan fingerprint density at radius 1 is 0.768 bits per heavy atom. The van der Waals surface area contributed by atoms with Gasteiger partial charge in [0.05, 0.1) is 43.4 Å². The highest BCUT2D eigenvalue weighted by Crippen LogP contribution is 2.66. The number of hydrogen-bond donors (Lipinski definition) is 3. The van der Waals surface area contributed by atoms with Gasteiger partial charge in [-0.15, -0.1) is 0 Å². The summed E-state index contributed by atoms with van der Waals surface area (Å²) in [6, 6.07) is 24.5. The van der Waals surface area contributed by atoms with Gasteiger partial charge in [0.25, 0.3) is 17.4 Å². The van der Waals surface area contributed by atoms with E-state index in [2.05, 4.69) is 30.6 Å². The monoisotopic (exact) mass is 1120 g/mol. The van der Waals surface area contributed by atoms with Crippen molar-refractivity contribution in [3.05, 3.63) is 135 Å². The average Bonchev–Trinajstić information content (AvgIpc) is 1.15. The van der Waals surface area contributed by atoms with E-state index in [1.165, 1.54) is 6.07 Å². The summed E-state index contributed by atoms with van der Waals surface area (Å²) < 4.78 is 26.3. The van der Waals surface area contributed by atoms with Crippen LogP contribution in [0, 0.1) is 23.1 Å². The van der Waals surface area contributed by atoms with E-state index < -0.39 is 17.8 Å². The molecule has 3 N–H and O–H groups in total. The SMILES string of the molecule is CCOc1cc(OC)ccc1CNCC(=O)N1CCCC(c2cccc(C(=O)N[C@@H](C(=O)N3CCN(CC4CCN(CC(=O)N5CCN(C(=O)c6cc(Cc7n[nH]c(=O)c8ccccc78)ccc6F)CC5)CC4)CC3)C34CC(C3)C4)c2)C1. The van der Waals surface area contributed by atoms with Crippen molar-refractivity contribution < 1.29 is 37.8 Å². The van der Waals surface area contributed by atoms with Crippen LogP contribution in [-0.2, 0) is 27.3 Å². The maximum Gasteiger partial charge on any atom is 0.272 e. The summed E-state index contributed by atoms with van der Waals surface area (Å²) in [5.41, 5.74) is 3.34. The first-order valence-electron chi connectivity index (χ1n) is 29.6. The second kappa shape index (κ2) is 25.1. The number of ether oxygens (including phenoxy) is 2. The zero-order chi connectivity index (χ0) is 56.9. The summed E-state index contributed by atoms with van der Waals surface area (Å²) in [7, 11) is 1.62. The maximum atomic E-state index is 15.2. The average molecular weight is 1120 g/mol.